The van der Waals surface area contributed by atoms with Crippen molar-refractivity contribution in [3.8, 4) is 0 Å². The number of rotatable bonds is 10. The summed E-state index contributed by atoms with van der Waals surface area (Å²) in [4.78, 5) is 23.1. The smallest absolute Gasteiger partial charge is 0.127 e. The Morgan fingerprint density at radius 3 is 2.07 bits per heavy atom. The van der Waals surface area contributed by atoms with E-state index in [2.05, 4.69) is 19.7 Å². The van der Waals surface area contributed by atoms with Gasteiger partial charge < -0.3 is 14.4 Å². The number of nitrogens with zero attached hydrogens (tertiary/aromatic N) is 1. The molecular weight excluding hydrogens is 208 g/mol. The maximum Gasteiger partial charge on any atom is 0.127 e. The summed E-state index contributed by atoms with van der Waals surface area (Å²) in [6, 6.07) is 0. The van der Waals surface area contributed by atoms with E-state index in [1.54, 1.807) is 0 Å². The molecule has 0 aromatic rings. The second kappa shape index (κ2) is 9.86. The van der Waals surface area contributed by atoms with E-state index < -0.39 is 12.2 Å². The van der Waals surface area contributed by atoms with Crippen LogP contribution in [0.1, 0.15) is 0 Å². The van der Waals surface area contributed by atoms with Crippen molar-refractivity contribution in [2.75, 3.05) is 26.4 Å². The van der Waals surface area contributed by atoms with Gasteiger partial charge in [-0.3, -0.25) is 4.84 Å². The third kappa shape index (κ3) is 7.27. The van der Waals surface area contributed by atoms with E-state index in [1.165, 1.54) is 0 Å². The highest BCUT2D eigenvalue weighted by Crippen LogP contribution is 1.97. The molecule has 90 valence electrons. The molecule has 9 heteroatoms. The van der Waals surface area contributed by atoms with E-state index in [1.807, 2.05) is 0 Å². The van der Waals surface area contributed by atoms with E-state index in [-0.39, 0.29) is 26.4 Å². The van der Waals surface area contributed by atoms with Crippen LogP contribution >= 0.6 is 0 Å². The minimum absolute atomic E-state index is 0.0481. The number of nitrogens with two attached hydrogens (primary N) is 3. The number of nitroso groups, excluding NO2 is 1. The SMILES string of the molecule is NOCC(COC(CN=O)CON)ON. The number of ether oxygens (including phenoxy) is 1. The summed E-state index contributed by atoms with van der Waals surface area (Å²) < 4.78 is 5.19. The molecule has 0 rings (SSSR count). The second-order valence-electron chi connectivity index (χ2n) is 2.69. The molecule has 0 radical (unpaired) electrons. The van der Waals surface area contributed by atoms with Gasteiger partial charge in [-0.05, 0) is 0 Å². The highest BCUT2D eigenvalue weighted by atomic mass is 16.7. The fourth-order valence-corrected chi connectivity index (χ4v) is 0.821. The molecule has 0 amide bonds. The van der Waals surface area contributed by atoms with Crippen molar-refractivity contribution < 1.29 is 19.2 Å². The van der Waals surface area contributed by atoms with Gasteiger partial charge >= 0.3 is 0 Å². The highest BCUT2D eigenvalue weighted by molar-refractivity contribution is 4.62. The summed E-state index contributed by atoms with van der Waals surface area (Å²) in [6.45, 7) is 0.142. The average Bonchev–Trinajstić information content (AvgIpc) is 2.24. The largest absolute Gasteiger partial charge is 0.371 e. The van der Waals surface area contributed by atoms with Crippen LogP contribution in [0.4, 0.5) is 0 Å². The Bertz CT molecular complexity index is 160. The van der Waals surface area contributed by atoms with Crippen LogP contribution in [-0.2, 0) is 19.2 Å². The molecule has 0 aliphatic heterocycles. The molecule has 6 N–H and O–H groups in total. The van der Waals surface area contributed by atoms with E-state index in [4.69, 9.17) is 22.4 Å². The van der Waals surface area contributed by atoms with Crippen molar-refractivity contribution in [3.05, 3.63) is 4.91 Å². The third-order valence-electron chi connectivity index (χ3n) is 1.55. The lowest BCUT2D eigenvalue weighted by Crippen LogP contribution is -2.34. The van der Waals surface area contributed by atoms with Crippen LogP contribution < -0.4 is 17.7 Å². The van der Waals surface area contributed by atoms with E-state index in [0.717, 1.165) is 0 Å². The molecular formula is C6H16N4O5. The lowest BCUT2D eigenvalue weighted by Gasteiger charge is -2.17. The van der Waals surface area contributed by atoms with Crippen LogP contribution in [0, 0.1) is 4.91 Å². The Hall–Kier alpha value is -0.680. The molecule has 2 atom stereocenters. The average molecular weight is 224 g/mol. The Morgan fingerprint density at radius 1 is 1.00 bits per heavy atom. The van der Waals surface area contributed by atoms with Gasteiger partial charge in [0.15, 0.2) is 0 Å². The van der Waals surface area contributed by atoms with Crippen molar-refractivity contribution in [2.45, 2.75) is 12.2 Å². The normalized spacial score (nSPS) is 14.9. The lowest BCUT2D eigenvalue weighted by molar-refractivity contribution is -0.0916. The van der Waals surface area contributed by atoms with Gasteiger partial charge in [0.1, 0.15) is 18.8 Å². The molecule has 0 aromatic heterocycles. The predicted molar refractivity (Wildman–Crippen MR) is 49.7 cm³/mol. The first-order valence-corrected chi connectivity index (χ1v) is 4.18. The molecule has 0 bridgehead atoms. The van der Waals surface area contributed by atoms with Crippen LogP contribution in [0.5, 0.6) is 0 Å². The predicted octanol–water partition coefficient (Wildman–Crippen LogP) is -1.82. The molecule has 0 fully saturated rings. The molecule has 0 aliphatic carbocycles. The zero-order chi connectivity index (χ0) is 11.5. The number of hydrogen-bond donors (Lipinski definition) is 3. The van der Waals surface area contributed by atoms with Gasteiger partial charge in [0, 0.05) is 0 Å². The summed E-state index contributed by atoms with van der Waals surface area (Å²) in [6.07, 6.45) is -1.06. The standard InChI is InChI=1S/C6H16N4O5/c7-13-3-5(1-10-11)12-2-6(15-9)4-14-8/h5-6H,1-4,7-9H2. The second-order valence-corrected chi connectivity index (χ2v) is 2.69. The van der Waals surface area contributed by atoms with Gasteiger partial charge in [0.2, 0.25) is 0 Å². The molecule has 15 heavy (non-hydrogen) atoms. The van der Waals surface area contributed by atoms with E-state index >= 15 is 0 Å². The van der Waals surface area contributed by atoms with Crippen LogP contribution in [0.2, 0.25) is 0 Å². The van der Waals surface area contributed by atoms with Crippen molar-refractivity contribution >= 4 is 0 Å². The minimum Gasteiger partial charge on any atom is -0.371 e. The molecule has 0 saturated carbocycles. The Kier molecular flexibility index (Phi) is 9.41. The zero-order valence-electron chi connectivity index (χ0n) is 8.20. The quantitative estimate of drug-likeness (QED) is 0.290. The molecule has 0 spiro atoms. The zero-order valence-corrected chi connectivity index (χ0v) is 8.20. The first-order valence-electron chi connectivity index (χ1n) is 4.18. The summed E-state index contributed by atoms with van der Waals surface area (Å²) >= 11 is 0. The maximum absolute atomic E-state index is 10.0. The first kappa shape index (κ1) is 14.3. The van der Waals surface area contributed by atoms with Crippen molar-refractivity contribution in [3.63, 3.8) is 0 Å². The summed E-state index contributed by atoms with van der Waals surface area (Å²) in [7, 11) is 0. The molecule has 2 unspecified atom stereocenters. The molecule has 0 aromatic carbocycles. The molecule has 0 saturated heterocycles. The van der Waals surface area contributed by atoms with Crippen molar-refractivity contribution in [1.29, 1.82) is 0 Å². The third-order valence-corrected chi connectivity index (χ3v) is 1.55. The number of hydrogen-bond acceptors (Lipinski definition) is 9. The topological polar surface area (TPSA) is 144 Å². The van der Waals surface area contributed by atoms with Crippen molar-refractivity contribution in [1.82, 2.24) is 0 Å². The van der Waals surface area contributed by atoms with Gasteiger partial charge in [-0.1, -0.05) is 5.18 Å². The van der Waals surface area contributed by atoms with Gasteiger partial charge in [0.05, 0.1) is 19.8 Å². The lowest BCUT2D eigenvalue weighted by atomic mass is 10.3. The van der Waals surface area contributed by atoms with Crippen LogP contribution in [-0.4, -0.2) is 38.6 Å². The highest BCUT2D eigenvalue weighted by Gasteiger charge is 2.14. The molecule has 0 heterocycles. The minimum atomic E-state index is -0.539. The van der Waals surface area contributed by atoms with Crippen LogP contribution in [0.3, 0.4) is 0 Å². The van der Waals surface area contributed by atoms with Gasteiger partial charge in [0.25, 0.3) is 0 Å². The van der Waals surface area contributed by atoms with Gasteiger partial charge in [-0.2, -0.15) is 4.91 Å². The summed E-state index contributed by atoms with van der Waals surface area (Å²) in [5, 5.41) is 2.67. The van der Waals surface area contributed by atoms with Crippen LogP contribution in [0.15, 0.2) is 5.18 Å². The first-order chi connectivity index (χ1) is 7.28. The van der Waals surface area contributed by atoms with Gasteiger partial charge in [-0.15, -0.1) is 0 Å². The maximum atomic E-state index is 10.0. The summed E-state index contributed by atoms with van der Waals surface area (Å²) in [5.74, 6) is 14.6. The molecule has 9 nitrogen and oxygen atoms in total. The Morgan fingerprint density at radius 2 is 1.60 bits per heavy atom. The van der Waals surface area contributed by atoms with Crippen LogP contribution in [0.25, 0.3) is 0 Å². The van der Waals surface area contributed by atoms with E-state index in [0.29, 0.717) is 0 Å². The fraction of sp³-hybridized carbons (Fsp3) is 1.00. The van der Waals surface area contributed by atoms with E-state index in [9.17, 15) is 4.91 Å². The Labute approximate surface area is 86.6 Å². The van der Waals surface area contributed by atoms with Crippen molar-refractivity contribution in [2.24, 2.45) is 22.9 Å². The Balaban J connectivity index is 3.78. The molecule has 0 aliphatic rings. The fourth-order valence-electron chi connectivity index (χ4n) is 0.821. The monoisotopic (exact) mass is 224 g/mol. The summed E-state index contributed by atoms with van der Waals surface area (Å²) in [5.41, 5.74) is 0. The van der Waals surface area contributed by atoms with Gasteiger partial charge in [-0.25, -0.2) is 17.7 Å².